The number of amides is 1. The Morgan fingerprint density at radius 2 is 2.09 bits per heavy atom. The molecule has 1 N–H and O–H groups in total. The van der Waals surface area contributed by atoms with Gasteiger partial charge in [-0.25, -0.2) is 4.79 Å². The number of nitrogens with zero attached hydrogens (tertiary/aromatic N) is 2. The lowest BCUT2D eigenvalue weighted by Gasteiger charge is -2.33. The van der Waals surface area contributed by atoms with Crippen LogP contribution in [0.5, 0.6) is 0 Å². The highest BCUT2D eigenvalue weighted by molar-refractivity contribution is 5.68. The van der Waals surface area contributed by atoms with Gasteiger partial charge in [0.2, 0.25) is 0 Å². The van der Waals surface area contributed by atoms with E-state index >= 15 is 0 Å². The molecule has 23 heavy (non-hydrogen) atoms. The van der Waals surface area contributed by atoms with Crippen LogP contribution in [-0.2, 0) is 11.3 Å². The van der Waals surface area contributed by atoms with E-state index in [1.807, 2.05) is 45.0 Å². The Kier molecular flexibility index (Phi) is 5.62. The van der Waals surface area contributed by atoms with E-state index in [0.717, 1.165) is 24.9 Å². The minimum Gasteiger partial charge on any atom is -0.444 e. The van der Waals surface area contributed by atoms with Crippen LogP contribution >= 0.6 is 0 Å². The van der Waals surface area contributed by atoms with Crippen LogP contribution in [0.2, 0.25) is 0 Å². The van der Waals surface area contributed by atoms with Gasteiger partial charge in [0.1, 0.15) is 5.60 Å². The van der Waals surface area contributed by atoms with Crippen LogP contribution in [-0.4, -0.2) is 35.7 Å². The molecule has 0 saturated carbocycles. The number of carbonyl (C=O) groups excluding carboxylic acids is 1. The number of nitriles is 1. The van der Waals surface area contributed by atoms with Crippen LogP contribution in [0.15, 0.2) is 24.3 Å². The van der Waals surface area contributed by atoms with E-state index in [9.17, 15) is 4.79 Å². The summed E-state index contributed by atoms with van der Waals surface area (Å²) < 4.78 is 5.40. The number of likely N-dealkylation sites (tertiary alicyclic amines) is 1. The molecule has 1 aliphatic heterocycles. The predicted molar refractivity (Wildman–Crippen MR) is 88.8 cm³/mol. The van der Waals surface area contributed by atoms with Gasteiger partial charge in [0.25, 0.3) is 0 Å². The second-order valence-corrected chi connectivity index (χ2v) is 6.93. The average molecular weight is 315 g/mol. The fourth-order valence-corrected chi connectivity index (χ4v) is 2.61. The Balaban J connectivity index is 1.76. The van der Waals surface area contributed by atoms with Gasteiger partial charge < -0.3 is 15.0 Å². The van der Waals surface area contributed by atoms with Gasteiger partial charge in [-0.2, -0.15) is 5.26 Å². The standard InChI is InChI=1S/C18H25N3O2/c1-18(2,3)23-17(22)21-9-7-16(8-10-21)20-13-15-6-4-5-14(11-15)12-19/h4-6,11,16,20H,7-10,13H2,1-3H3. The number of nitrogens with one attached hydrogen (secondary N) is 1. The lowest BCUT2D eigenvalue weighted by atomic mass is 10.0. The van der Waals surface area contributed by atoms with E-state index in [1.165, 1.54) is 0 Å². The molecule has 124 valence electrons. The lowest BCUT2D eigenvalue weighted by Crippen LogP contribution is -2.46. The first kappa shape index (κ1) is 17.3. The lowest BCUT2D eigenvalue weighted by molar-refractivity contribution is 0.0198. The maximum absolute atomic E-state index is 12.0. The average Bonchev–Trinajstić information content (AvgIpc) is 2.52. The molecule has 1 aromatic rings. The van der Waals surface area contributed by atoms with Crippen molar-refractivity contribution in [3.05, 3.63) is 35.4 Å². The quantitative estimate of drug-likeness (QED) is 0.931. The molecule has 5 heteroatoms. The van der Waals surface area contributed by atoms with E-state index in [4.69, 9.17) is 10.00 Å². The minimum atomic E-state index is -0.446. The van der Waals surface area contributed by atoms with Crippen molar-refractivity contribution < 1.29 is 9.53 Å². The number of carbonyl (C=O) groups is 1. The Labute approximate surface area is 138 Å². The van der Waals surface area contributed by atoms with Gasteiger partial charge in [0.15, 0.2) is 0 Å². The molecule has 1 amide bonds. The van der Waals surface area contributed by atoms with Gasteiger partial charge in [-0.15, -0.1) is 0 Å². The number of hydrogen-bond donors (Lipinski definition) is 1. The molecule has 1 heterocycles. The molecule has 0 spiro atoms. The molecule has 0 bridgehead atoms. The zero-order valence-electron chi connectivity index (χ0n) is 14.1. The van der Waals surface area contributed by atoms with Gasteiger partial charge in [0, 0.05) is 25.7 Å². The highest BCUT2D eigenvalue weighted by Gasteiger charge is 2.26. The zero-order chi connectivity index (χ0) is 16.9. The van der Waals surface area contributed by atoms with Gasteiger partial charge in [-0.3, -0.25) is 0 Å². The van der Waals surface area contributed by atoms with E-state index < -0.39 is 5.60 Å². The van der Waals surface area contributed by atoms with Crippen molar-refractivity contribution in [2.24, 2.45) is 0 Å². The van der Waals surface area contributed by atoms with Crippen molar-refractivity contribution in [2.75, 3.05) is 13.1 Å². The Morgan fingerprint density at radius 3 is 2.70 bits per heavy atom. The highest BCUT2D eigenvalue weighted by atomic mass is 16.6. The number of hydrogen-bond acceptors (Lipinski definition) is 4. The zero-order valence-corrected chi connectivity index (χ0v) is 14.1. The van der Waals surface area contributed by atoms with Crippen molar-refractivity contribution in [3.8, 4) is 6.07 Å². The molecule has 0 unspecified atom stereocenters. The van der Waals surface area contributed by atoms with Gasteiger partial charge in [0.05, 0.1) is 11.6 Å². The topological polar surface area (TPSA) is 65.4 Å². The summed E-state index contributed by atoms with van der Waals surface area (Å²) in [7, 11) is 0. The smallest absolute Gasteiger partial charge is 0.410 e. The van der Waals surface area contributed by atoms with Crippen molar-refractivity contribution in [1.29, 1.82) is 5.26 Å². The maximum atomic E-state index is 12.0. The summed E-state index contributed by atoms with van der Waals surface area (Å²) >= 11 is 0. The molecule has 0 atom stereocenters. The summed E-state index contributed by atoms with van der Waals surface area (Å²) in [6.45, 7) is 7.82. The van der Waals surface area contributed by atoms with E-state index in [0.29, 0.717) is 24.7 Å². The summed E-state index contributed by atoms with van der Waals surface area (Å²) in [5.74, 6) is 0. The summed E-state index contributed by atoms with van der Waals surface area (Å²) in [6.07, 6.45) is 1.60. The third-order valence-corrected chi connectivity index (χ3v) is 3.80. The molecule has 1 aliphatic rings. The number of piperidine rings is 1. The van der Waals surface area contributed by atoms with Crippen molar-refractivity contribution in [1.82, 2.24) is 10.2 Å². The van der Waals surface area contributed by atoms with E-state index in [-0.39, 0.29) is 6.09 Å². The molecule has 0 aromatic heterocycles. The van der Waals surface area contributed by atoms with Crippen LogP contribution < -0.4 is 5.32 Å². The van der Waals surface area contributed by atoms with Crippen molar-refractivity contribution in [2.45, 2.75) is 51.8 Å². The van der Waals surface area contributed by atoms with E-state index in [1.54, 1.807) is 4.90 Å². The first-order valence-electron chi connectivity index (χ1n) is 8.08. The minimum absolute atomic E-state index is 0.224. The van der Waals surface area contributed by atoms with E-state index in [2.05, 4.69) is 11.4 Å². The molecule has 5 nitrogen and oxygen atoms in total. The molecular weight excluding hydrogens is 290 g/mol. The van der Waals surface area contributed by atoms with Crippen LogP contribution in [0.1, 0.15) is 44.7 Å². The largest absolute Gasteiger partial charge is 0.444 e. The fraction of sp³-hybridized carbons (Fsp3) is 0.556. The van der Waals surface area contributed by atoms with Crippen LogP contribution in [0, 0.1) is 11.3 Å². The Bertz CT molecular complexity index is 579. The molecule has 1 saturated heterocycles. The second-order valence-electron chi connectivity index (χ2n) is 6.93. The molecular formula is C18H25N3O2. The van der Waals surface area contributed by atoms with Crippen LogP contribution in [0.4, 0.5) is 4.79 Å². The Morgan fingerprint density at radius 1 is 1.39 bits per heavy atom. The SMILES string of the molecule is CC(C)(C)OC(=O)N1CCC(NCc2cccc(C#N)c2)CC1. The maximum Gasteiger partial charge on any atom is 0.410 e. The highest BCUT2D eigenvalue weighted by Crippen LogP contribution is 2.16. The molecule has 1 aromatic carbocycles. The van der Waals surface area contributed by atoms with Crippen LogP contribution in [0.3, 0.4) is 0 Å². The summed E-state index contributed by atoms with van der Waals surface area (Å²) in [5, 5.41) is 12.4. The van der Waals surface area contributed by atoms with Crippen LogP contribution in [0.25, 0.3) is 0 Å². The number of benzene rings is 1. The number of ether oxygens (including phenoxy) is 1. The second kappa shape index (κ2) is 7.47. The summed E-state index contributed by atoms with van der Waals surface area (Å²) in [6, 6.07) is 10.2. The number of rotatable bonds is 3. The third kappa shape index (κ3) is 5.57. The summed E-state index contributed by atoms with van der Waals surface area (Å²) in [5.41, 5.74) is 1.35. The molecule has 1 fully saturated rings. The van der Waals surface area contributed by atoms with Gasteiger partial charge in [-0.05, 0) is 51.3 Å². The fourth-order valence-electron chi connectivity index (χ4n) is 2.61. The molecule has 2 rings (SSSR count). The monoisotopic (exact) mass is 315 g/mol. The molecule has 0 radical (unpaired) electrons. The first-order valence-corrected chi connectivity index (χ1v) is 8.08. The summed E-state index contributed by atoms with van der Waals surface area (Å²) in [4.78, 5) is 13.8. The van der Waals surface area contributed by atoms with Crippen molar-refractivity contribution >= 4 is 6.09 Å². The third-order valence-electron chi connectivity index (χ3n) is 3.80. The van der Waals surface area contributed by atoms with Gasteiger partial charge >= 0.3 is 6.09 Å². The molecule has 0 aliphatic carbocycles. The normalized spacial score (nSPS) is 16.0. The predicted octanol–water partition coefficient (Wildman–Crippen LogP) is 3.05. The van der Waals surface area contributed by atoms with Gasteiger partial charge in [-0.1, -0.05) is 12.1 Å². The first-order chi connectivity index (χ1) is 10.9. The van der Waals surface area contributed by atoms with Crippen molar-refractivity contribution in [3.63, 3.8) is 0 Å². The Hall–Kier alpha value is -2.06.